The number of nitrogens with zero attached hydrogens (tertiary/aromatic N) is 1. The van der Waals surface area contributed by atoms with Gasteiger partial charge in [-0.05, 0) is 31.2 Å². The lowest BCUT2D eigenvalue weighted by Crippen LogP contribution is -2.06. The van der Waals surface area contributed by atoms with Gasteiger partial charge in [-0.1, -0.05) is 0 Å². The number of hydrogen-bond acceptors (Lipinski definition) is 2. The molecule has 1 aromatic heterocycles. The Morgan fingerprint density at radius 3 is 2.65 bits per heavy atom. The lowest BCUT2D eigenvalue weighted by atomic mass is 10.1. The number of halogens is 3. The van der Waals surface area contributed by atoms with E-state index in [1.165, 1.54) is 12.3 Å². The normalized spacial score (nSPS) is 11.8. The van der Waals surface area contributed by atoms with Gasteiger partial charge in [-0.2, -0.15) is 13.2 Å². The maximum atomic E-state index is 12.8. The minimum Gasteiger partial charge on any atom is -0.385 e. The van der Waals surface area contributed by atoms with Crippen molar-refractivity contribution in [2.24, 2.45) is 0 Å². The summed E-state index contributed by atoms with van der Waals surface area (Å²) in [7, 11) is 0. The number of rotatable bonds is 2. The fourth-order valence-electron chi connectivity index (χ4n) is 1.71. The van der Waals surface area contributed by atoms with E-state index in [0.29, 0.717) is 17.7 Å². The zero-order valence-electron chi connectivity index (χ0n) is 9.17. The minimum atomic E-state index is -4.36. The highest BCUT2D eigenvalue weighted by Gasteiger charge is 2.32. The lowest BCUT2D eigenvalue weighted by molar-refractivity contribution is -0.136. The molecule has 0 aliphatic heterocycles. The van der Waals surface area contributed by atoms with Gasteiger partial charge < -0.3 is 5.32 Å². The Morgan fingerprint density at radius 1 is 1.24 bits per heavy atom. The Bertz CT molecular complexity index is 535. The molecule has 0 bridgehead atoms. The van der Waals surface area contributed by atoms with Crippen molar-refractivity contribution in [3.63, 3.8) is 0 Å². The highest BCUT2D eigenvalue weighted by atomic mass is 19.4. The molecule has 2 rings (SSSR count). The van der Waals surface area contributed by atoms with Crippen molar-refractivity contribution in [3.8, 4) is 0 Å². The molecule has 1 heterocycles. The number of anilines is 1. The van der Waals surface area contributed by atoms with Crippen molar-refractivity contribution in [1.82, 2.24) is 4.98 Å². The van der Waals surface area contributed by atoms with Crippen molar-refractivity contribution in [1.29, 1.82) is 0 Å². The molecule has 0 unspecified atom stereocenters. The van der Waals surface area contributed by atoms with Crippen molar-refractivity contribution >= 4 is 16.6 Å². The van der Waals surface area contributed by atoms with Crippen LogP contribution in [0.25, 0.3) is 10.9 Å². The maximum Gasteiger partial charge on any atom is 0.417 e. The molecular weight excluding hydrogens is 229 g/mol. The molecule has 0 amide bonds. The van der Waals surface area contributed by atoms with Gasteiger partial charge >= 0.3 is 6.18 Å². The van der Waals surface area contributed by atoms with Crippen LogP contribution in [-0.4, -0.2) is 11.5 Å². The number of fused-ring (bicyclic) bond motifs is 1. The van der Waals surface area contributed by atoms with Crippen LogP contribution in [0.4, 0.5) is 18.9 Å². The second-order valence-electron chi connectivity index (χ2n) is 3.62. The third-order valence-electron chi connectivity index (χ3n) is 2.43. The first kappa shape index (κ1) is 11.7. The number of hydrogen-bond donors (Lipinski definition) is 1. The molecule has 0 saturated heterocycles. The largest absolute Gasteiger partial charge is 0.417 e. The molecule has 1 aromatic carbocycles. The van der Waals surface area contributed by atoms with E-state index in [4.69, 9.17) is 0 Å². The van der Waals surface area contributed by atoms with E-state index in [0.717, 1.165) is 6.07 Å². The van der Waals surface area contributed by atoms with Gasteiger partial charge in [-0.25, -0.2) is 0 Å². The summed E-state index contributed by atoms with van der Waals surface area (Å²) in [6, 6.07) is 5.79. The Morgan fingerprint density at radius 2 is 2.00 bits per heavy atom. The summed E-state index contributed by atoms with van der Waals surface area (Å²) < 4.78 is 38.4. The average molecular weight is 240 g/mol. The van der Waals surface area contributed by atoms with E-state index in [9.17, 15) is 13.2 Å². The van der Waals surface area contributed by atoms with E-state index in [-0.39, 0.29) is 5.39 Å². The van der Waals surface area contributed by atoms with Crippen molar-refractivity contribution in [2.45, 2.75) is 13.1 Å². The summed E-state index contributed by atoms with van der Waals surface area (Å²) >= 11 is 0. The molecule has 90 valence electrons. The Hall–Kier alpha value is -1.78. The first-order valence-corrected chi connectivity index (χ1v) is 5.22. The number of alkyl halides is 3. The Balaban J connectivity index is 2.64. The van der Waals surface area contributed by atoms with E-state index in [1.807, 2.05) is 6.92 Å². The predicted molar refractivity (Wildman–Crippen MR) is 60.9 cm³/mol. The topological polar surface area (TPSA) is 24.9 Å². The molecule has 0 aliphatic rings. The van der Waals surface area contributed by atoms with Gasteiger partial charge in [0.05, 0.1) is 11.1 Å². The SMILES string of the molecule is CCNc1ccc2nccc(C(F)(F)F)c2c1. The van der Waals surface area contributed by atoms with Crippen LogP contribution in [0.15, 0.2) is 30.5 Å². The van der Waals surface area contributed by atoms with Gasteiger partial charge in [0, 0.05) is 23.8 Å². The van der Waals surface area contributed by atoms with Crippen LogP contribution in [0.5, 0.6) is 0 Å². The third-order valence-corrected chi connectivity index (χ3v) is 2.43. The molecular formula is C12H11F3N2. The van der Waals surface area contributed by atoms with E-state index in [2.05, 4.69) is 10.3 Å². The number of benzene rings is 1. The van der Waals surface area contributed by atoms with Gasteiger partial charge in [0.1, 0.15) is 0 Å². The van der Waals surface area contributed by atoms with E-state index in [1.54, 1.807) is 12.1 Å². The maximum absolute atomic E-state index is 12.8. The molecule has 0 radical (unpaired) electrons. The average Bonchev–Trinajstić information content (AvgIpc) is 2.27. The van der Waals surface area contributed by atoms with Crippen LogP contribution in [0, 0.1) is 0 Å². The molecule has 0 aliphatic carbocycles. The highest BCUT2D eigenvalue weighted by molar-refractivity contribution is 5.85. The molecule has 0 spiro atoms. The van der Waals surface area contributed by atoms with Crippen LogP contribution >= 0.6 is 0 Å². The van der Waals surface area contributed by atoms with Gasteiger partial charge in [0.2, 0.25) is 0 Å². The summed E-state index contributed by atoms with van der Waals surface area (Å²) in [6.07, 6.45) is -3.18. The van der Waals surface area contributed by atoms with Crippen LogP contribution in [0.3, 0.4) is 0 Å². The summed E-state index contributed by atoms with van der Waals surface area (Å²) in [5.74, 6) is 0. The number of pyridine rings is 1. The van der Waals surface area contributed by atoms with Gasteiger partial charge in [-0.15, -0.1) is 0 Å². The van der Waals surface area contributed by atoms with Gasteiger partial charge in [-0.3, -0.25) is 4.98 Å². The Labute approximate surface area is 96.5 Å². The Kier molecular flexibility index (Phi) is 2.92. The van der Waals surface area contributed by atoms with Gasteiger partial charge in [0.25, 0.3) is 0 Å². The quantitative estimate of drug-likeness (QED) is 0.866. The number of aromatic nitrogens is 1. The smallest absolute Gasteiger partial charge is 0.385 e. The van der Waals surface area contributed by atoms with Crippen LogP contribution in [0.2, 0.25) is 0 Å². The molecule has 0 atom stereocenters. The fraction of sp³-hybridized carbons (Fsp3) is 0.250. The first-order valence-electron chi connectivity index (χ1n) is 5.22. The lowest BCUT2D eigenvalue weighted by Gasteiger charge is -2.11. The molecule has 5 heteroatoms. The first-order chi connectivity index (χ1) is 8.02. The minimum absolute atomic E-state index is 0.124. The molecule has 0 saturated carbocycles. The zero-order chi connectivity index (χ0) is 12.5. The summed E-state index contributed by atoms with van der Waals surface area (Å²) in [6.45, 7) is 2.55. The molecule has 1 N–H and O–H groups in total. The van der Waals surface area contributed by atoms with Crippen molar-refractivity contribution < 1.29 is 13.2 Å². The molecule has 2 aromatic rings. The summed E-state index contributed by atoms with van der Waals surface area (Å²) in [5, 5.41) is 3.11. The zero-order valence-corrected chi connectivity index (χ0v) is 9.17. The number of nitrogens with one attached hydrogen (secondary N) is 1. The van der Waals surface area contributed by atoms with E-state index >= 15 is 0 Å². The van der Waals surface area contributed by atoms with Crippen molar-refractivity contribution in [3.05, 3.63) is 36.0 Å². The second kappa shape index (κ2) is 4.24. The molecule has 17 heavy (non-hydrogen) atoms. The third kappa shape index (κ3) is 2.33. The second-order valence-corrected chi connectivity index (χ2v) is 3.62. The van der Waals surface area contributed by atoms with Crippen molar-refractivity contribution in [2.75, 3.05) is 11.9 Å². The predicted octanol–water partition coefficient (Wildman–Crippen LogP) is 3.69. The van der Waals surface area contributed by atoms with Crippen LogP contribution in [0.1, 0.15) is 12.5 Å². The summed E-state index contributed by atoms with van der Waals surface area (Å²) in [5.41, 5.74) is 0.363. The molecule has 0 fully saturated rings. The molecule has 2 nitrogen and oxygen atoms in total. The highest BCUT2D eigenvalue weighted by Crippen LogP contribution is 2.34. The van der Waals surface area contributed by atoms with E-state index < -0.39 is 11.7 Å². The summed E-state index contributed by atoms with van der Waals surface area (Å²) in [4.78, 5) is 3.93. The standard InChI is InChI=1S/C12H11F3N2/c1-2-16-8-3-4-11-9(7-8)10(5-6-17-11)12(13,14)15/h3-7,16H,2H2,1H3. The van der Waals surface area contributed by atoms with Crippen LogP contribution < -0.4 is 5.32 Å². The van der Waals surface area contributed by atoms with Gasteiger partial charge in [0.15, 0.2) is 0 Å². The monoisotopic (exact) mass is 240 g/mol. The fourth-order valence-corrected chi connectivity index (χ4v) is 1.71. The van der Waals surface area contributed by atoms with Crippen LogP contribution in [-0.2, 0) is 6.18 Å².